The average Bonchev–Trinajstić information content (AvgIpc) is 3.42. The number of fused-ring (bicyclic) bond motifs is 6. The number of hydrogen-bond donors (Lipinski definition) is 0. The lowest BCUT2D eigenvalue weighted by Crippen LogP contribution is -2.58. The van der Waals surface area contributed by atoms with Crippen molar-refractivity contribution < 1.29 is 18.7 Å². The Kier molecular flexibility index (Phi) is 4.98. The molecule has 2 aliphatic rings. The molecule has 2 aromatic heterocycles. The summed E-state index contributed by atoms with van der Waals surface area (Å²) in [4.78, 5) is 31.7. The number of esters is 1. The van der Waals surface area contributed by atoms with Crippen molar-refractivity contribution in [2.24, 2.45) is 10.9 Å². The second-order valence-corrected chi connectivity index (χ2v) is 9.98. The summed E-state index contributed by atoms with van der Waals surface area (Å²) in [5, 5.41) is 0.609. The van der Waals surface area contributed by atoms with E-state index in [2.05, 4.69) is 0 Å². The standard InChI is InChI=1S/C26H19ClN2O5S/c1-26-21(24(31)32-2)22(17-8-3-4-9-19(17)34-26)29-23(30)20(35-25(29)28-26)13-16-10-11-18(33-16)14-6-5-7-15(27)12-14/h3-13,21-22H,1-2H3/t21-,22-,26-/m1/s1. The SMILES string of the molecule is COC(=O)[C@H]1[C@H]2c3ccccc3O[C@@]1(C)N=c1sc(=Cc3ccc(-c4cccc(Cl)c4)o3)c(=O)n12. The molecule has 2 aromatic carbocycles. The molecule has 9 heteroatoms. The van der Waals surface area contributed by atoms with Gasteiger partial charge in [0.2, 0.25) is 5.72 Å². The number of methoxy groups -OCH3 is 1. The van der Waals surface area contributed by atoms with Gasteiger partial charge in [0.05, 0.1) is 17.7 Å². The van der Waals surface area contributed by atoms with Crippen LogP contribution < -0.4 is 19.6 Å². The highest BCUT2D eigenvalue weighted by Gasteiger charge is 2.55. The number of carbonyl (C=O) groups is 1. The van der Waals surface area contributed by atoms with E-state index in [9.17, 15) is 9.59 Å². The normalized spacial score (nSPS) is 22.5. The van der Waals surface area contributed by atoms with Crippen LogP contribution in [-0.2, 0) is 9.53 Å². The van der Waals surface area contributed by atoms with E-state index in [0.717, 1.165) is 11.1 Å². The van der Waals surface area contributed by atoms with Gasteiger partial charge in [0.15, 0.2) is 4.80 Å². The Morgan fingerprint density at radius 1 is 1.20 bits per heavy atom. The van der Waals surface area contributed by atoms with E-state index in [1.165, 1.54) is 18.4 Å². The summed E-state index contributed by atoms with van der Waals surface area (Å²) in [6.07, 6.45) is 1.69. The third-order valence-corrected chi connectivity index (χ3v) is 7.56. The Bertz CT molecular complexity index is 1670. The third kappa shape index (κ3) is 3.44. The molecule has 3 atom stereocenters. The third-order valence-electron chi connectivity index (χ3n) is 6.34. The zero-order chi connectivity index (χ0) is 24.3. The van der Waals surface area contributed by atoms with Gasteiger partial charge in [-0.05, 0) is 37.3 Å². The first kappa shape index (κ1) is 21.9. The van der Waals surface area contributed by atoms with Crippen molar-refractivity contribution in [1.82, 2.24) is 4.57 Å². The number of nitrogens with zero attached hydrogens (tertiary/aromatic N) is 2. The molecule has 6 rings (SSSR count). The van der Waals surface area contributed by atoms with Gasteiger partial charge >= 0.3 is 5.97 Å². The van der Waals surface area contributed by atoms with E-state index in [1.807, 2.05) is 48.5 Å². The van der Waals surface area contributed by atoms with Crippen molar-refractivity contribution in [3.8, 4) is 17.1 Å². The lowest BCUT2D eigenvalue weighted by Gasteiger charge is -2.44. The van der Waals surface area contributed by atoms with Gasteiger partial charge in [-0.2, -0.15) is 0 Å². The maximum atomic E-state index is 13.6. The summed E-state index contributed by atoms with van der Waals surface area (Å²) in [6.45, 7) is 1.75. The van der Waals surface area contributed by atoms with Crippen LogP contribution in [-0.4, -0.2) is 23.4 Å². The number of hydrogen-bond acceptors (Lipinski definition) is 7. The summed E-state index contributed by atoms with van der Waals surface area (Å²) < 4.78 is 19.3. The minimum atomic E-state index is -1.20. The molecule has 176 valence electrons. The average molecular weight is 507 g/mol. The molecule has 0 saturated heterocycles. The highest BCUT2D eigenvalue weighted by molar-refractivity contribution is 7.07. The predicted octanol–water partition coefficient (Wildman–Crippen LogP) is 3.77. The number of halogens is 1. The van der Waals surface area contributed by atoms with E-state index in [4.69, 9.17) is 30.5 Å². The highest BCUT2D eigenvalue weighted by Crippen LogP contribution is 2.47. The van der Waals surface area contributed by atoms with Gasteiger partial charge in [0.1, 0.15) is 23.2 Å². The van der Waals surface area contributed by atoms with E-state index in [-0.39, 0.29) is 5.56 Å². The Balaban J connectivity index is 1.51. The molecule has 0 aliphatic carbocycles. The van der Waals surface area contributed by atoms with Crippen molar-refractivity contribution in [2.45, 2.75) is 18.7 Å². The molecule has 35 heavy (non-hydrogen) atoms. The fraction of sp³-hybridized carbons (Fsp3) is 0.192. The van der Waals surface area contributed by atoms with Gasteiger partial charge in [-0.15, -0.1) is 0 Å². The van der Waals surface area contributed by atoms with Crippen molar-refractivity contribution in [1.29, 1.82) is 0 Å². The van der Waals surface area contributed by atoms with E-state index in [0.29, 0.717) is 31.6 Å². The molecule has 2 bridgehead atoms. The van der Waals surface area contributed by atoms with Crippen LogP contribution in [0.4, 0.5) is 0 Å². The molecule has 0 N–H and O–H groups in total. The quantitative estimate of drug-likeness (QED) is 0.395. The van der Waals surface area contributed by atoms with Gasteiger partial charge in [0.25, 0.3) is 5.56 Å². The minimum Gasteiger partial charge on any atom is -0.469 e. The molecule has 0 spiro atoms. The predicted molar refractivity (Wildman–Crippen MR) is 131 cm³/mol. The second kappa shape index (κ2) is 7.96. The number of aromatic nitrogens is 1. The summed E-state index contributed by atoms with van der Waals surface area (Å²) in [7, 11) is 1.33. The molecular formula is C26H19ClN2O5S. The molecule has 0 radical (unpaired) electrons. The van der Waals surface area contributed by atoms with Crippen LogP contribution in [0.25, 0.3) is 17.4 Å². The zero-order valence-electron chi connectivity index (χ0n) is 18.7. The first-order chi connectivity index (χ1) is 16.9. The Hall–Kier alpha value is -3.62. The van der Waals surface area contributed by atoms with Crippen molar-refractivity contribution in [3.63, 3.8) is 0 Å². The lowest BCUT2D eigenvalue weighted by atomic mass is 9.81. The number of ether oxygens (including phenoxy) is 2. The van der Waals surface area contributed by atoms with Crippen molar-refractivity contribution in [2.75, 3.05) is 7.11 Å². The molecule has 0 amide bonds. The van der Waals surface area contributed by atoms with Crippen molar-refractivity contribution >= 4 is 35.0 Å². The summed E-state index contributed by atoms with van der Waals surface area (Å²) >= 11 is 7.33. The van der Waals surface area contributed by atoms with Crippen LogP contribution in [0.2, 0.25) is 5.02 Å². The fourth-order valence-electron chi connectivity index (χ4n) is 4.79. The van der Waals surface area contributed by atoms with Crippen LogP contribution in [0.1, 0.15) is 24.3 Å². The highest BCUT2D eigenvalue weighted by atomic mass is 35.5. The smallest absolute Gasteiger partial charge is 0.317 e. The summed E-state index contributed by atoms with van der Waals surface area (Å²) in [5.41, 5.74) is 0.118. The van der Waals surface area contributed by atoms with Gasteiger partial charge in [-0.1, -0.05) is 53.3 Å². The molecule has 0 fully saturated rings. The summed E-state index contributed by atoms with van der Waals surface area (Å²) in [6, 6.07) is 17.8. The van der Waals surface area contributed by atoms with E-state index < -0.39 is 23.7 Å². The van der Waals surface area contributed by atoms with Crippen LogP contribution in [0.5, 0.6) is 5.75 Å². The number of rotatable bonds is 3. The lowest BCUT2D eigenvalue weighted by molar-refractivity contribution is -0.158. The molecule has 2 aliphatic heterocycles. The van der Waals surface area contributed by atoms with Gasteiger partial charge in [-0.25, -0.2) is 4.99 Å². The van der Waals surface area contributed by atoms with Crippen LogP contribution in [0.3, 0.4) is 0 Å². The van der Waals surface area contributed by atoms with Gasteiger partial charge < -0.3 is 13.9 Å². The molecule has 7 nitrogen and oxygen atoms in total. The number of thiazole rings is 1. The topological polar surface area (TPSA) is 83.0 Å². The van der Waals surface area contributed by atoms with E-state index in [1.54, 1.807) is 29.7 Å². The van der Waals surface area contributed by atoms with Gasteiger partial charge in [0, 0.05) is 22.2 Å². The number of para-hydroxylation sites is 1. The van der Waals surface area contributed by atoms with Crippen LogP contribution in [0, 0.1) is 5.92 Å². The molecule has 0 unspecified atom stereocenters. The minimum absolute atomic E-state index is 0.257. The largest absolute Gasteiger partial charge is 0.469 e. The maximum Gasteiger partial charge on any atom is 0.317 e. The van der Waals surface area contributed by atoms with Crippen LogP contribution >= 0.6 is 22.9 Å². The van der Waals surface area contributed by atoms with E-state index >= 15 is 0 Å². The maximum absolute atomic E-state index is 13.6. The fourth-order valence-corrected chi connectivity index (χ4v) is 6.06. The Morgan fingerprint density at radius 3 is 2.83 bits per heavy atom. The molecule has 4 heterocycles. The Morgan fingerprint density at radius 2 is 2.03 bits per heavy atom. The van der Waals surface area contributed by atoms with Gasteiger partial charge in [-0.3, -0.25) is 14.2 Å². The number of furan rings is 1. The van der Waals surface area contributed by atoms with Crippen LogP contribution in [0.15, 0.2) is 74.9 Å². The number of carbonyl (C=O) groups excluding carboxylic acids is 1. The molecular weight excluding hydrogens is 488 g/mol. The first-order valence-electron chi connectivity index (χ1n) is 10.9. The van der Waals surface area contributed by atoms with Crippen molar-refractivity contribution in [3.05, 3.63) is 96.7 Å². The summed E-state index contributed by atoms with van der Waals surface area (Å²) in [5.74, 6) is 0.457. The monoisotopic (exact) mass is 506 g/mol. The Labute approximate surface area is 208 Å². The first-order valence-corrected chi connectivity index (χ1v) is 12.1. The molecule has 0 saturated carbocycles. The number of benzene rings is 2. The zero-order valence-corrected chi connectivity index (χ0v) is 20.3. The molecule has 4 aromatic rings. The second-order valence-electron chi connectivity index (χ2n) is 8.53.